The molecule has 0 aromatic carbocycles. The third kappa shape index (κ3) is 29.6. The predicted octanol–water partition coefficient (Wildman–Crippen LogP) is -5.68. The molecule has 0 aliphatic heterocycles. The van der Waals surface area contributed by atoms with Crippen LogP contribution in [0, 0.1) is 0 Å². The van der Waals surface area contributed by atoms with Crippen molar-refractivity contribution in [3.63, 3.8) is 0 Å². The first-order chi connectivity index (χ1) is 1.73. The van der Waals surface area contributed by atoms with Gasteiger partial charge in [0.1, 0.15) is 0 Å². The molecule has 2 nitrogen and oxygen atoms in total. The molecule has 28 valence electrons. The predicted molar refractivity (Wildman–Crippen MR) is 15.5 cm³/mol. The van der Waals surface area contributed by atoms with Crippen LogP contribution < -0.4 is 103 Å². The van der Waals surface area contributed by atoms with Crippen LogP contribution in [-0.4, -0.2) is 11.1 Å². The van der Waals surface area contributed by atoms with Gasteiger partial charge >= 0.3 is 103 Å². The number of rotatable bonds is 0. The number of hydrogen-bond acceptors (Lipinski definition) is 1. The molecule has 0 heterocycles. The van der Waals surface area contributed by atoms with Crippen molar-refractivity contribution >= 4 is 5.97 Å². The van der Waals surface area contributed by atoms with Crippen molar-refractivity contribution in [1.82, 2.24) is 0 Å². The van der Waals surface area contributed by atoms with Gasteiger partial charge in [-0.3, -0.25) is 4.79 Å². The summed E-state index contributed by atoms with van der Waals surface area (Å²) in [7, 11) is 0. The Morgan fingerprint density at radius 3 is 1.67 bits per heavy atom. The number of hydrogen-bond donors (Lipinski definition) is 1. The van der Waals surface area contributed by atoms with Gasteiger partial charge in [-0.2, -0.15) is 0 Å². The maximum atomic E-state index is 9.00. The molecule has 0 aromatic rings. The van der Waals surface area contributed by atoms with E-state index in [0.717, 1.165) is 6.92 Å². The summed E-state index contributed by atoms with van der Waals surface area (Å²) in [5, 5.41) is 7.42. The van der Waals surface area contributed by atoms with Crippen molar-refractivity contribution in [3.8, 4) is 0 Å². The van der Waals surface area contributed by atoms with Gasteiger partial charge in [0, 0.05) is 6.92 Å². The van der Waals surface area contributed by atoms with Gasteiger partial charge in [-0.25, -0.2) is 0 Å². The summed E-state index contributed by atoms with van der Waals surface area (Å²) in [4.78, 5) is 9.00. The van der Waals surface area contributed by atoms with Crippen LogP contribution in [0.25, 0.3) is 0 Å². The van der Waals surface area contributed by atoms with Gasteiger partial charge in [0.05, 0.1) is 0 Å². The van der Waals surface area contributed by atoms with E-state index in [1.165, 1.54) is 0 Å². The maximum Gasteiger partial charge on any atom is 1.00 e. The average molecular weight is 140 g/mol. The summed E-state index contributed by atoms with van der Waals surface area (Å²) in [6.07, 6.45) is 0. The zero-order chi connectivity index (χ0) is 3.58. The van der Waals surface area contributed by atoms with E-state index in [2.05, 4.69) is 0 Å². The Bertz CT molecular complexity index is 39.0. The van der Waals surface area contributed by atoms with E-state index in [1.807, 2.05) is 0 Å². The Balaban J connectivity index is -0.00000000750. The average Bonchev–Trinajstić information content (AvgIpc) is 0.811. The van der Waals surface area contributed by atoms with Crippen molar-refractivity contribution < 1.29 is 116 Å². The topological polar surface area (TPSA) is 37.3 Å². The minimum absolute atomic E-state index is 0. The van der Waals surface area contributed by atoms with E-state index in [1.54, 1.807) is 0 Å². The number of carboxylic acids is 1. The molecule has 0 aliphatic rings. The van der Waals surface area contributed by atoms with Crippen molar-refractivity contribution in [1.29, 1.82) is 0 Å². The van der Waals surface area contributed by atoms with Gasteiger partial charge in [-0.15, -0.1) is 0 Å². The monoisotopic (exact) mass is 140 g/mol. The molecule has 0 aliphatic carbocycles. The molecule has 1 N–H and O–H groups in total. The molecular formula is C2H6K2O2. The first-order valence-electron chi connectivity index (χ1n) is 0.928. The molecule has 0 saturated heterocycles. The van der Waals surface area contributed by atoms with E-state index < -0.39 is 5.97 Å². The normalized spacial score (nSPS) is 4.17. The van der Waals surface area contributed by atoms with Gasteiger partial charge in [0.15, 0.2) is 0 Å². The van der Waals surface area contributed by atoms with Crippen molar-refractivity contribution in [3.05, 3.63) is 0 Å². The Kier molecular flexibility index (Phi) is 28.3. The molecular weight excluding hydrogens is 134 g/mol. The fourth-order valence-electron chi connectivity index (χ4n) is 0. The fourth-order valence-corrected chi connectivity index (χ4v) is 0. The summed E-state index contributed by atoms with van der Waals surface area (Å²) in [6, 6.07) is 0. The van der Waals surface area contributed by atoms with Crippen LogP contribution in [0.5, 0.6) is 0 Å². The summed E-state index contributed by atoms with van der Waals surface area (Å²) >= 11 is 0. The van der Waals surface area contributed by atoms with Gasteiger partial charge in [-0.1, -0.05) is 0 Å². The molecule has 0 saturated carbocycles. The van der Waals surface area contributed by atoms with Gasteiger partial charge in [0.2, 0.25) is 0 Å². The minimum atomic E-state index is -0.833. The zero-order valence-corrected chi connectivity index (χ0v) is 10.6. The second-order valence-electron chi connectivity index (χ2n) is 0.519. The van der Waals surface area contributed by atoms with Crippen molar-refractivity contribution in [2.75, 3.05) is 0 Å². The number of carboxylic acid groups (broad SMARTS) is 1. The number of carbonyl (C=O) groups is 1. The molecule has 0 amide bonds. The third-order valence-electron chi connectivity index (χ3n) is 0. The van der Waals surface area contributed by atoms with Crippen molar-refractivity contribution in [2.24, 2.45) is 0 Å². The molecule has 0 fully saturated rings. The van der Waals surface area contributed by atoms with E-state index in [-0.39, 0.29) is 106 Å². The Morgan fingerprint density at radius 1 is 1.67 bits per heavy atom. The van der Waals surface area contributed by atoms with Crippen LogP contribution in [-0.2, 0) is 4.79 Å². The molecule has 0 radical (unpaired) electrons. The third-order valence-corrected chi connectivity index (χ3v) is 0. The SMILES string of the molecule is CC(=O)O.[H-].[H-].[K+].[K+]. The Labute approximate surface area is 125 Å². The first kappa shape index (κ1) is 15.9. The van der Waals surface area contributed by atoms with E-state index in [0.29, 0.717) is 0 Å². The van der Waals surface area contributed by atoms with Crippen LogP contribution in [0.2, 0.25) is 0 Å². The second kappa shape index (κ2) is 10.7. The van der Waals surface area contributed by atoms with Crippen LogP contribution in [0.1, 0.15) is 9.78 Å². The molecule has 4 heteroatoms. The van der Waals surface area contributed by atoms with Crippen LogP contribution >= 0.6 is 0 Å². The number of aliphatic carboxylic acids is 1. The molecule has 0 bridgehead atoms. The maximum absolute atomic E-state index is 9.00. The Hall–Kier alpha value is 2.74. The Morgan fingerprint density at radius 2 is 1.67 bits per heavy atom. The summed E-state index contributed by atoms with van der Waals surface area (Å²) in [5.41, 5.74) is 0. The quantitative estimate of drug-likeness (QED) is 0.341. The van der Waals surface area contributed by atoms with E-state index in [4.69, 9.17) is 9.90 Å². The molecule has 0 spiro atoms. The summed E-state index contributed by atoms with van der Waals surface area (Å²) in [5.74, 6) is -0.833. The summed E-state index contributed by atoms with van der Waals surface area (Å²) in [6.45, 7) is 1.08. The van der Waals surface area contributed by atoms with Gasteiger partial charge in [0.25, 0.3) is 5.97 Å². The standard InChI is InChI=1S/C2H4O2.2K.2H/c1-2(3)4;;;;/h1H3,(H,3,4);;;;/q;2*+1;2*-1. The molecule has 0 atom stereocenters. The minimum Gasteiger partial charge on any atom is -1.00 e. The van der Waals surface area contributed by atoms with E-state index in [9.17, 15) is 0 Å². The second-order valence-corrected chi connectivity index (χ2v) is 0.519. The molecule has 0 rings (SSSR count). The molecule has 0 aromatic heterocycles. The van der Waals surface area contributed by atoms with Crippen LogP contribution in [0.4, 0.5) is 0 Å². The van der Waals surface area contributed by atoms with Crippen molar-refractivity contribution in [2.45, 2.75) is 6.92 Å². The van der Waals surface area contributed by atoms with Gasteiger partial charge in [-0.05, 0) is 0 Å². The summed E-state index contributed by atoms with van der Waals surface area (Å²) < 4.78 is 0. The fraction of sp³-hybridized carbons (Fsp3) is 0.500. The van der Waals surface area contributed by atoms with Crippen LogP contribution in [0.15, 0.2) is 0 Å². The zero-order valence-electron chi connectivity index (χ0n) is 6.36. The van der Waals surface area contributed by atoms with Crippen LogP contribution in [0.3, 0.4) is 0 Å². The smallest absolute Gasteiger partial charge is 1.00 e. The molecule has 0 unspecified atom stereocenters. The molecule has 6 heavy (non-hydrogen) atoms. The largest absolute Gasteiger partial charge is 1.00 e. The first-order valence-corrected chi connectivity index (χ1v) is 0.928. The van der Waals surface area contributed by atoms with Gasteiger partial charge < -0.3 is 7.96 Å². The van der Waals surface area contributed by atoms with E-state index >= 15 is 0 Å².